The Morgan fingerprint density at radius 2 is 0.907 bits per heavy atom. The Morgan fingerprint density at radius 1 is 0.333 bits per heavy atom. The standard InChI is InChI=1S/C52H35NS/c1-3-13-36(14-4-1)38-23-26-41(27-24-38)51-48(33-34-50-52(51)46-20-10-12-22-49(46)54-50)53(47-21-11-9-19-45(47)40-16-5-2-6-17-40)44-31-29-39(30-32-44)43-28-25-37-15-7-8-18-42(37)35-43/h1-35H. The molecule has 54 heavy (non-hydrogen) atoms. The summed E-state index contributed by atoms with van der Waals surface area (Å²) in [7, 11) is 0. The second-order valence-corrected chi connectivity index (χ2v) is 14.8. The van der Waals surface area contributed by atoms with Gasteiger partial charge in [0.25, 0.3) is 0 Å². The van der Waals surface area contributed by atoms with Crippen LogP contribution in [-0.2, 0) is 0 Å². The van der Waals surface area contributed by atoms with E-state index >= 15 is 0 Å². The smallest absolute Gasteiger partial charge is 0.0547 e. The molecule has 0 unspecified atom stereocenters. The van der Waals surface area contributed by atoms with E-state index in [1.165, 1.54) is 75.5 Å². The third kappa shape index (κ3) is 5.74. The van der Waals surface area contributed by atoms with Crippen molar-refractivity contribution in [1.82, 2.24) is 0 Å². The van der Waals surface area contributed by atoms with E-state index in [0.29, 0.717) is 0 Å². The molecule has 254 valence electrons. The summed E-state index contributed by atoms with van der Waals surface area (Å²) in [5.41, 5.74) is 13.0. The largest absolute Gasteiger partial charge is 0.309 e. The minimum Gasteiger partial charge on any atom is -0.309 e. The molecule has 0 saturated carbocycles. The average molecular weight is 706 g/mol. The van der Waals surface area contributed by atoms with Gasteiger partial charge in [-0.25, -0.2) is 0 Å². The van der Waals surface area contributed by atoms with E-state index < -0.39 is 0 Å². The minimum absolute atomic E-state index is 1.10. The fraction of sp³-hybridized carbons (Fsp3) is 0. The second-order valence-electron chi connectivity index (χ2n) is 13.7. The van der Waals surface area contributed by atoms with Crippen LogP contribution in [0.2, 0.25) is 0 Å². The molecular formula is C52H35NS. The lowest BCUT2D eigenvalue weighted by Crippen LogP contribution is -2.12. The number of para-hydroxylation sites is 1. The molecule has 0 spiro atoms. The van der Waals surface area contributed by atoms with Gasteiger partial charge >= 0.3 is 0 Å². The summed E-state index contributed by atoms with van der Waals surface area (Å²) in [5.74, 6) is 0. The molecule has 0 aliphatic carbocycles. The van der Waals surface area contributed by atoms with E-state index in [2.05, 4.69) is 217 Å². The van der Waals surface area contributed by atoms with E-state index in [0.717, 1.165) is 17.1 Å². The molecular weight excluding hydrogens is 671 g/mol. The molecule has 0 aliphatic rings. The van der Waals surface area contributed by atoms with Crippen LogP contribution in [-0.4, -0.2) is 0 Å². The van der Waals surface area contributed by atoms with E-state index in [1.807, 2.05) is 11.3 Å². The van der Waals surface area contributed by atoms with Gasteiger partial charge < -0.3 is 4.90 Å². The summed E-state index contributed by atoms with van der Waals surface area (Å²) in [6, 6.07) is 77.2. The van der Waals surface area contributed by atoms with Crippen LogP contribution in [0.1, 0.15) is 0 Å². The molecule has 0 atom stereocenters. The zero-order valence-electron chi connectivity index (χ0n) is 29.6. The first-order valence-electron chi connectivity index (χ1n) is 18.4. The molecule has 1 aromatic heterocycles. The van der Waals surface area contributed by atoms with E-state index in [4.69, 9.17) is 0 Å². The quantitative estimate of drug-likeness (QED) is 0.160. The molecule has 0 aliphatic heterocycles. The van der Waals surface area contributed by atoms with Crippen molar-refractivity contribution in [3.05, 3.63) is 212 Å². The van der Waals surface area contributed by atoms with Gasteiger partial charge in [-0.05, 0) is 86.6 Å². The van der Waals surface area contributed by atoms with Gasteiger partial charge in [-0.1, -0.05) is 170 Å². The molecule has 1 nitrogen and oxygen atoms in total. The SMILES string of the molecule is c1ccc(-c2ccc(-c3c(N(c4ccc(-c5ccc6ccccc6c5)cc4)c4ccccc4-c4ccccc4)ccc4sc5ccccc5c34)cc2)cc1. The number of thiophene rings is 1. The highest BCUT2D eigenvalue weighted by atomic mass is 32.1. The third-order valence-corrected chi connectivity index (χ3v) is 11.6. The second kappa shape index (κ2) is 13.7. The molecule has 0 bridgehead atoms. The van der Waals surface area contributed by atoms with Crippen LogP contribution in [0.15, 0.2) is 212 Å². The molecule has 1 heterocycles. The predicted octanol–water partition coefficient (Wildman–Crippen LogP) is 15.3. The van der Waals surface area contributed by atoms with Crippen LogP contribution < -0.4 is 4.90 Å². The summed E-state index contributed by atoms with van der Waals surface area (Å²) in [4.78, 5) is 2.47. The first-order chi connectivity index (χ1) is 26.8. The third-order valence-electron chi connectivity index (χ3n) is 10.5. The van der Waals surface area contributed by atoms with E-state index in [9.17, 15) is 0 Å². The van der Waals surface area contributed by atoms with Crippen LogP contribution >= 0.6 is 11.3 Å². The number of hydrogen-bond donors (Lipinski definition) is 0. The van der Waals surface area contributed by atoms with Crippen LogP contribution in [0, 0.1) is 0 Å². The lowest BCUT2D eigenvalue weighted by atomic mass is 9.93. The lowest BCUT2D eigenvalue weighted by molar-refractivity contribution is 1.29. The molecule has 10 rings (SSSR count). The summed E-state index contributed by atoms with van der Waals surface area (Å²) in [5, 5.41) is 5.07. The Kier molecular flexibility index (Phi) is 8.09. The Bertz CT molecular complexity index is 2910. The Hall–Kier alpha value is -6.74. The molecule has 10 aromatic rings. The number of nitrogens with zero attached hydrogens (tertiary/aromatic N) is 1. The molecule has 0 amide bonds. The number of rotatable bonds is 7. The summed E-state index contributed by atoms with van der Waals surface area (Å²) in [6.45, 7) is 0. The predicted molar refractivity (Wildman–Crippen MR) is 233 cm³/mol. The van der Waals surface area contributed by atoms with Crippen LogP contribution in [0.5, 0.6) is 0 Å². The Morgan fingerprint density at radius 3 is 1.70 bits per heavy atom. The van der Waals surface area contributed by atoms with Crippen molar-refractivity contribution in [3.63, 3.8) is 0 Å². The first-order valence-corrected chi connectivity index (χ1v) is 19.2. The fourth-order valence-corrected chi connectivity index (χ4v) is 8.97. The average Bonchev–Trinajstić information content (AvgIpc) is 3.63. The summed E-state index contributed by atoms with van der Waals surface area (Å²) in [6.07, 6.45) is 0. The topological polar surface area (TPSA) is 3.24 Å². The monoisotopic (exact) mass is 705 g/mol. The zero-order valence-corrected chi connectivity index (χ0v) is 30.4. The zero-order chi connectivity index (χ0) is 35.8. The highest BCUT2D eigenvalue weighted by Gasteiger charge is 2.24. The van der Waals surface area contributed by atoms with Crippen LogP contribution in [0.4, 0.5) is 17.1 Å². The lowest BCUT2D eigenvalue weighted by Gasteiger charge is -2.30. The summed E-state index contributed by atoms with van der Waals surface area (Å²) < 4.78 is 2.58. The molecule has 2 heteroatoms. The molecule has 0 fully saturated rings. The number of hydrogen-bond acceptors (Lipinski definition) is 2. The van der Waals surface area contributed by atoms with E-state index in [-0.39, 0.29) is 0 Å². The Balaban J connectivity index is 1.21. The maximum atomic E-state index is 2.47. The normalized spacial score (nSPS) is 11.3. The van der Waals surface area contributed by atoms with Gasteiger partial charge in [0.15, 0.2) is 0 Å². The number of anilines is 3. The molecule has 9 aromatic carbocycles. The maximum absolute atomic E-state index is 2.47. The van der Waals surface area contributed by atoms with Crippen LogP contribution in [0.3, 0.4) is 0 Å². The molecule has 0 saturated heterocycles. The Labute approximate surface area is 319 Å². The molecule has 0 radical (unpaired) electrons. The van der Waals surface area contributed by atoms with Gasteiger partial charge in [0, 0.05) is 37.0 Å². The van der Waals surface area contributed by atoms with Crippen molar-refractivity contribution < 1.29 is 0 Å². The summed E-state index contributed by atoms with van der Waals surface area (Å²) >= 11 is 1.86. The van der Waals surface area contributed by atoms with Gasteiger partial charge in [0.05, 0.1) is 11.4 Å². The van der Waals surface area contributed by atoms with Crippen molar-refractivity contribution in [1.29, 1.82) is 0 Å². The van der Waals surface area contributed by atoms with Crippen molar-refractivity contribution in [2.24, 2.45) is 0 Å². The first kappa shape index (κ1) is 32.0. The van der Waals surface area contributed by atoms with Gasteiger partial charge in [-0.3, -0.25) is 0 Å². The van der Waals surface area contributed by atoms with Crippen molar-refractivity contribution in [3.8, 4) is 44.5 Å². The van der Waals surface area contributed by atoms with Gasteiger partial charge in [0.1, 0.15) is 0 Å². The fourth-order valence-electron chi connectivity index (χ4n) is 7.85. The van der Waals surface area contributed by atoms with Crippen LogP contribution in [0.25, 0.3) is 75.5 Å². The van der Waals surface area contributed by atoms with Gasteiger partial charge in [-0.2, -0.15) is 0 Å². The highest BCUT2D eigenvalue weighted by molar-refractivity contribution is 7.26. The van der Waals surface area contributed by atoms with Crippen molar-refractivity contribution in [2.45, 2.75) is 0 Å². The number of fused-ring (bicyclic) bond motifs is 4. The van der Waals surface area contributed by atoms with Gasteiger partial charge in [-0.15, -0.1) is 11.3 Å². The van der Waals surface area contributed by atoms with Crippen molar-refractivity contribution >= 4 is 59.3 Å². The molecule has 0 N–H and O–H groups in total. The van der Waals surface area contributed by atoms with Crippen molar-refractivity contribution in [2.75, 3.05) is 4.90 Å². The highest BCUT2D eigenvalue weighted by Crippen LogP contribution is 2.50. The number of benzene rings is 9. The van der Waals surface area contributed by atoms with E-state index in [1.54, 1.807) is 0 Å². The maximum Gasteiger partial charge on any atom is 0.0547 e. The van der Waals surface area contributed by atoms with Gasteiger partial charge in [0.2, 0.25) is 0 Å². The minimum atomic E-state index is 1.10.